The summed E-state index contributed by atoms with van der Waals surface area (Å²) in [5.41, 5.74) is 7.20. The maximum atomic E-state index is 12.4. The Labute approximate surface area is 182 Å². The first-order valence-electron chi connectivity index (χ1n) is 10.5. The first-order valence-corrected chi connectivity index (χ1v) is 10.5. The zero-order valence-corrected chi connectivity index (χ0v) is 18.1. The number of nitrogens with zero attached hydrogens (tertiary/aromatic N) is 3. The van der Waals surface area contributed by atoms with Crippen molar-refractivity contribution in [3.63, 3.8) is 0 Å². The molecular formula is C25H27N5O. The van der Waals surface area contributed by atoms with Crippen molar-refractivity contribution < 1.29 is 4.79 Å². The van der Waals surface area contributed by atoms with Gasteiger partial charge in [-0.05, 0) is 55.7 Å². The van der Waals surface area contributed by atoms with Crippen molar-refractivity contribution in [1.29, 1.82) is 0 Å². The third kappa shape index (κ3) is 4.74. The molecule has 0 bridgehead atoms. The summed E-state index contributed by atoms with van der Waals surface area (Å²) >= 11 is 0. The summed E-state index contributed by atoms with van der Waals surface area (Å²) in [6.07, 6.45) is 2.40. The fraction of sp³-hybridized carbons (Fsp3) is 0.240. The van der Waals surface area contributed by atoms with Gasteiger partial charge in [0.15, 0.2) is 5.65 Å². The van der Waals surface area contributed by atoms with E-state index in [9.17, 15) is 4.79 Å². The number of nitrogens with one attached hydrogen (secondary N) is 2. The molecule has 2 amide bonds. The van der Waals surface area contributed by atoms with Crippen LogP contribution < -0.4 is 10.6 Å². The van der Waals surface area contributed by atoms with Gasteiger partial charge in [-0.2, -0.15) is 0 Å². The largest absolute Gasteiger partial charge is 0.337 e. The summed E-state index contributed by atoms with van der Waals surface area (Å²) < 4.78 is 2.13. The monoisotopic (exact) mass is 413 g/mol. The number of benzene rings is 2. The number of pyridine rings is 1. The van der Waals surface area contributed by atoms with Crippen molar-refractivity contribution >= 4 is 22.9 Å². The minimum absolute atomic E-state index is 0.215. The summed E-state index contributed by atoms with van der Waals surface area (Å²) in [4.78, 5) is 21.7. The molecule has 0 saturated heterocycles. The zero-order valence-electron chi connectivity index (χ0n) is 18.1. The zero-order chi connectivity index (χ0) is 21.8. The number of carbonyl (C=O) groups is 1. The number of aryl methyl sites for hydroxylation is 2. The predicted molar refractivity (Wildman–Crippen MR) is 124 cm³/mol. The highest BCUT2D eigenvalue weighted by atomic mass is 16.2. The maximum Gasteiger partial charge on any atom is 0.319 e. The lowest BCUT2D eigenvalue weighted by Gasteiger charge is -2.12. The maximum absolute atomic E-state index is 12.4. The van der Waals surface area contributed by atoms with Crippen molar-refractivity contribution in [2.24, 2.45) is 0 Å². The average Bonchev–Trinajstić information content (AvgIpc) is 3.10. The number of urea groups is 1. The van der Waals surface area contributed by atoms with E-state index in [1.165, 1.54) is 11.1 Å². The summed E-state index contributed by atoms with van der Waals surface area (Å²) in [5.74, 6) is 0.904. The minimum Gasteiger partial charge on any atom is -0.337 e. The van der Waals surface area contributed by atoms with Crippen LogP contribution in [0.4, 0.5) is 10.5 Å². The lowest BCUT2D eigenvalue weighted by Crippen LogP contribution is -2.31. The first kappa shape index (κ1) is 20.6. The predicted octanol–water partition coefficient (Wildman–Crippen LogP) is 4.77. The Kier molecular flexibility index (Phi) is 5.98. The molecule has 0 aliphatic heterocycles. The average molecular weight is 414 g/mol. The van der Waals surface area contributed by atoms with Gasteiger partial charge < -0.3 is 15.2 Å². The second-order valence-corrected chi connectivity index (χ2v) is 7.82. The Balaban J connectivity index is 1.46. The Morgan fingerprint density at radius 3 is 2.61 bits per heavy atom. The number of fused-ring (bicyclic) bond motifs is 1. The molecule has 4 aromatic rings. The van der Waals surface area contributed by atoms with Crippen LogP contribution in [0, 0.1) is 20.8 Å². The van der Waals surface area contributed by atoms with Crippen LogP contribution in [0.25, 0.3) is 11.2 Å². The molecule has 0 aliphatic rings. The highest BCUT2D eigenvalue weighted by Crippen LogP contribution is 2.18. The molecule has 0 saturated carbocycles. The smallest absolute Gasteiger partial charge is 0.319 e. The Hall–Kier alpha value is -3.67. The van der Waals surface area contributed by atoms with E-state index in [1.807, 2.05) is 44.2 Å². The topological polar surface area (TPSA) is 71.8 Å². The van der Waals surface area contributed by atoms with E-state index in [-0.39, 0.29) is 6.03 Å². The molecule has 0 aliphatic carbocycles. The van der Waals surface area contributed by atoms with Gasteiger partial charge in [0.1, 0.15) is 11.3 Å². The van der Waals surface area contributed by atoms with E-state index in [0.29, 0.717) is 19.5 Å². The van der Waals surface area contributed by atoms with Crippen molar-refractivity contribution in [3.8, 4) is 0 Å². The molecule has 2 aromatic heterocycles. The third-order valence-electron chi connectivity index (χ3n) is 5.53. The molecule has 2 aromatic carbocycles. The van der Waals surface area contributed by atoms with Gasteiger partial charge in [0, 0.05) is 24.8 Å². The molecule has 31 heavy (non-hydrogen) atoms. The van der Waals surface area contributed by atoms with Gasteiger partial charge in [0.05, 0.1) is 6.54 Å². The molecule has 0 spiro atoms. The number of imidazole rings is 1. The number of amides is 2. The van der Waals surface area contributed by atoms with Crippen molar-refractivity contribution in [3.05, 3.63) is 88.9 Å². The molecule has 2 heterocycles. The van der Waals surface area contributed by atoms with Gasteiger partial charge in [0.25, 0.3) is 0 Å². The standard InChI is InChI=1S/C25H27N5O/c1-17-9-11-20(12-10-17)16-30-23(28-22-8-5-14-26-24(22)30)13-15-27-25(31)29-21-7-4-6-18(2)19(21)3/h4-12,14H,13,15-16H2,1-3H3,(H2,27,29,31). The van der Waals surface area contributed by atoms with Crippen LogP contribution in [0.2, 0.25) is 0 Å². The summed E-state index contributed by atoms with van der Waals surface area (Å²) in [5, 5.41) is 5.88. The van der Waals surface area contributed by atoms with E-state index >= 15 is 0 Å². The second kappa shape index (κ2) is 9.00. The number of aromatic nitrogens is 3. The first-order chi connectivity index (χ1) is 15.0. The molecule has 6 heteroatoms. The Morgan fingerprint density at radius 1 is 1.00 bits per heavy atom. The molecule has 0 fully saturated rings. The van der Waals surface area contributed by atoms with Crippen LogP contribution in [0.3, 0.4) is 0 Å². The third-order valence-corrected chi connectivity index (χ3v) is 5.53. The van der Waals surface area contributed by atoms with Gasteiger partial charge in [-0.3, -0.25) is 0 Å². The fourth-order valence-corrected chi connectivity index (χ4v) is 3.58. The molecule has 4 rings (SSSR count). The Morgan fingerprint density at radius 2 is 1.81 bits per heavy atom. The van der Waals surface area contributed by atoms with Gasteiger partial charge in [-0.25, -0.2) is 14.8 Å². The number of hydrogen-bond acceptors (Lipinski definition) is 3. The van der Waals surface area contributed by atoms with Crippen LogP contribution in [0.1, 0.15) is 28.1 Å². The molecule has 0 radical (unpaired) electrons. The second-order valence-electron chi connectivity index (χ2n) is 7.82. The normalized spacial score (nSPS) is 10.9. The van der Waals surface area contributed by atoms with E-state index in [2.05, 4.69) is 51.4 Å². The van der Waals surface area contributed by atoms with Gasteiger partial charge in [-0.15, -0.1) is 0 Å². The van der Waals surface area contributed by atoms with E-state index in [1.54, 1.807) is 6.20 Å². The van der Waals surface area contributed by atoms with Crippen LogP contribution in [0.15, 0.2) is 60.8 Å². The molecule has 2 N–H and O–H groups in total. The summed E-state index contributed by atoms with van der Waals surface area (Å²) in [7, 11) is 0. The van der Waals surface area contributed by atoms with Crippen molar-refractivity contribution in [2.75, 3.05) is 11.9 Å². The van der Waals surface area contributed by atoms with E-state index in [4.69, 9.17) is 4.98 Å². The van der Waals surface area contributed by atoms with Crippen LogP contribution in [-0.4, -0.2) is 27.1 Å². The molecule has 6 nitrogen and oxygen atoms in total. The van der Waals surface area contributed by atoms with Gasteiger partial charge in [-0.1, -0.05) is 42.0 Å². The van der Waals surface area contributed by atoms with E-state index < -0.39 is 0 Å². The van der Waals surface area contributed by atoms with Crippen LogP contribution >= 0.6 is 0 Å². The van der Waals surface area contributed by atoms with Gasteiger partial charge >= 0.3 is 6.03 Å². The molecule has 158 valence electrons. The number of carbonyl (C=O) groups excluding carboxylic acids is 1. The number of anilines is 1. The van der Waals surface area contributed by atoms with Crippen molar-refractivity contribution in [1.82, 2.24) is 19.9 Å². The molecular weight excluding hydrogens is 386 g/mol. The lowest BCUT2D eigenvalue weighted by molar-refractivity contribution is 0.252. The Bertz CT molecular complexity index is 1210. The molecule has 0 unspecified atom stereocenters. The van der Waals surface area contributed by atoms with Crippen molar-refractivity contribution in [2.45, 2.75) is 33.7 Å². The lowest BCUT2D eigenvalue weighted by atomic mass is 10.1. The quantitative estimate of drug-likeness (QED) is 0.478. The van der Waals surface area contributed by atoms with Crippen LogP contribution in [0.5, 0.6) is 0 Å². The van der Waals surface area contributed by atoms with E-state index in [0.717, 1.165) is 33.8 Å². The van der Waals surface area contributed by atoms with Gasteiger partial charge in [0.2, 0.25) is 0 Å². The SMILES string of the molecule is Cc1ccc(Cn2c(CCNC(=O)Nc3cccc(C)c3C)nc3cccnc32)cc1. The fourth-order valence-electron chi connectivity index (χ4n) is 3.58. The summed E-state index contributed by atoms with van der Waals surface area (Å²) in [6.45, 7) is 7.29. The molecule has 0 atom stereocenters. The minimum atomic E-state index is -0.215. The van der Waals surface area contributed by atoms with Crippen LogP contribution in [-0.2, 0) is 13.0 Å². The number of rotatable bonds is 6. The number of hydrogen-bond donors (Lipinski definition) is 2. The highest BCUT2D eigenvalue weighted by molar-refractivity contribution is 5.90. The summed E-state index contributed by atoms with van der Waals surface area (Å²) in [6, 6.07) is 18.0. The highest BCUT2D eigenvalue weighted by Gasteiger charge is 2.13.